The van der Waals surface area contributed by atoms with Crippen molar-refractivity contribution in [1.82, 2.24) is 0 Å². The summed E-state index contributed by atoms with van der Waals surface area (Å²) >= 11 is 0. The summed E-state index contributed by atoms with van der Waals surface area (Å²) in [7, 11) is 2.56. The minimum Gasteiger partial charge on any atom is -0.371 e. The lowest BCUT2D eigenvalue weighted by atomic mass is 10.1. The summed E-state index contributed by atoms with van der Waals surface area (Å²) in [5.74, 6) is -3.85. The summed E-state index contributed by atoms with van der Waals surface area (Å²) < 4.78 is 29.8. The van der Waals surface area contributed by atoms with Crippen LogP contribution in [0.15, 0.2) is 18.2 Å². The molecule has 0 bridgehead atoms. The Hall–Kier alpha value is -0.823. The van der Waals surface area contributed by atoms with E-state index in [1.165, 1.54) is 6.07 Å². The molecule has 0 aliphatic heterocycles. The Morgan fingerprint density at radius 2 is 1.83 bits per heavy atom. The van der Waals surface area contributed by atoms with E-state index >= 15 is 0 Å². The molecule has 0 saturated heterocycles. The molecule has 0 spiro atoms. The molecule has 0 unspecified atom stereocenters. The van der Waals surface area contributed by atoms with Crippen molar-refractivity contribution in [3.8, 4) is 0 Å². The molecule has 3 radical (unpaired) electrons. The molecule has 0 saturated carbocycles. The molecule has 1 rings (SSSR count). The number of aryl methyl sites for hydroxylation is 1. The first-order valence-electron chi connectivity index (χ1n) is 5.68. The lowest BCUT2D eigenvalue weighted by Gasteiger charge is -2.19. The first-order valence-corrected chi connectivity index (χ1v) is 6.09. The quantitative estimate of drug-likeness (QED) is 0.452. The van der Waals surface area contributed by atoms with E-state index in [4.69, 9.17) is 10.2 Å². The van der Waals surface area contributed by atoms with Gasteiger partial charge in [0.05, 0.1) is 0 Å². The zero-order valence-corrected chi connectivity index (χ0v) is 10.8. The minimum absolute atomic E-state index is 0.0777. The van der Waals surface area contributed by atoms with Gasteiger partial charge in [-0.25, -0.2) is 8.78 Å². The number of aliphatic hydroxyl groups is 2. The second-order valence-corrected chi connectivity index (χ2v) is 4.36. The third-order valence-corrected chi connectivity index (χ3v) is 2.94. The average Bonchev–Trinajstić information content (AvgIpc) is 2.33. The molecule has 0 aliphatic rings. The minimum atomic E-state index is -2.15. The van der Waals surface area contributed by atoms with Crippen molar-refractivity contribution in [3.63, 3.8) is 0 Å². The molecule has 3 nitrogen and oxygen atoms in total. The zero-order valence-electron chi connectivity index (χ0n) is 9.83. The summed E-state index contributed by atoms with van der Waals surface area (Å²) in [6, 6.07) is 3.83. The third-order valence-electron chi connectivity index (χ3n) is 2.62. The Morgan fingerprint density at radius 1 is 1.11 bits per heavy atom. The molecule has 6 heteroatoms. The fraction of sp³-hybridized carbons (Fsp3) is 0.500. The van der Waals surface area contributed by atoms with Crippen LogP contribution in [0.1, 0.15) is 31.2 Å². The van der Waals surface area contributed by atoms with E-state index in [9.17, 15) is 8.78 Å². The average molecular weight is 273 g/mol. The molecule has 0 aromatic heterocycles. The summed E-state index contributed by atoms with van der Waals surface area (Å²) in [6.45, 7) is 0. The Labute approximate surface area is 108 Å². The molecule has 0 heterocycles. The molecule has 1 aromatic rings. The van der Waals surface area contributed by atoms with Crippen LogP contribution in [0.4, 0.5) is 8.78 Å². The molecule has 0 amide bonds. The number of benzene rings is 1. The fourth-order valence-electron chi connectivity index (χ4n) is 1.61. The SMILES string of the molecule is OC(O)(CCCCCc1ccc(F)c(F)c1)O[Si]. The van der Waals surface area contributed by atoms with Gasteiger partial charge in [-0.1, -0.05) is 12.5 Å². The highest BCUT2D eigenvalue weighted by Crippen LogP contribution is 2.15. The number of rotatable bonds is 7. The highest BCUT2D eigenvalue weighted by molar-refractivity contribution is 5.98. The zero-order chi connectivity index (χ0) is 13.6. The molecule has 0 aliphatic carbocycles. The molecule has 0 fully saturated rings. The standard InChI is InChI=1S/C12H15F2O3Si/c13-10-6-5-9(8-11(10)14)4-2-1-3-7-12(15,16)17-18/h5-6,8,15-16H,1-4,7H2. The number of hydrogen-bond donors (Lipinski definition) is 2. The van der Waals surface area contributed by atoms with Crippen molar-refractivity contribution in [1.29, 1.82) is 0 Å². The summed E-state index contributed by atoms with van der Waals surface area (Å²) in [5, 5.41) is 18.2. The van der Waals surface area contributed by atoms with Gasteiger partial charge in [-0.15, -0.1) is 0 Å². The smallest absolute Gasteiger partial charge is 0.267 e. The second-order valence-electron chi connectivity index (χ2n) is 4.15. The van der Waals surface area contributed by atoms with Crippen molar-refractivity contribution in [2.75, 3.05) is 0 Å². The Balaban J connectivity index is 2.24. The third kappa shape index (κ3) is 5.22. The van der Waals surface area contributed by atoms with E-state index in [0.717, 1.165) is 24.5 Å². The van der Waals surface area contributed by atoms with E-state index in [1.807, 2.05) is 0 Å². The molecule has 0 atom stereocenters. The van der Waals surface area contributed by atoms with Gasteiger partial charge in [0, 0.05) is 6.42 Å². The van der Waals surface area contributed by atoms with Crippen LogP contribution in [0.3, 0.4) is 0 Å². The molecule has 1 aromatic carbocycles. The van der Waals surface area contributed by atoms with Crippen molar-refractivity contribution in [3.05, 3.63) is 35.4 Å². The lowest BCUT2D eigenvalue weighted by molar-refractivity contribution is -0.295. The van der Waals surface area contributed by atoms with Gasteiger partial charge in [-0.05, 0) is 37.0 Å². The molecular formula is C12H15F2O3Si. The van der Waals surface area contributed by atoms with E-state index in [1.54, 1.807) is 6.07 Å². The first-order chi connectivity index (χ1) is 8.44. The normalized spacial score (nSPS) is 11.8. The van der Waals surface area contributed by atoms with E-state index in [-0.39, 0.29) is 6.42 Å². The van der Waals surface area contributed by atoms with Crippen molar-refractivity contribution < 1.29 is 23.4 Å². The summed E-state index contributed by atoms with van der Waals surface area (Å²) in [5.41, 5.74) is 0.726. The first kappa shape index (κ1) is 15.2. The van der Waals surface area contributed by atoms with Gasteiger partial charge < -0.3 is 14.6 Å². The van der Waals surface area contributed by atoms with Gasteiger partial charge in [0.15, 0.2) is 11.6 Å². The number of hydrogen-bond acceptors (Lipinski definition) is 3. The van der Waals surface area contributed by atoms with Crippen molar-refractivity contribution >= 4 is 10.5 Å². The van der Waals surface area contributed by atoms with Gasteiger partial charge in [-0.2, -0.15) is 0 Å². The van der Waals surface area contributed by atoms with Crippen LogP contribution in [-0.2, 0) is 10.8 Å². The Morgan fingerprint density at radius 3 is 2.44 bits per heavy atom. The van der Waals surface area contributed by atoms with Crippen LogP contribution in [0.25, 0.3) is 0 Å². The van der Waals surface area contributed by atoms with Gasteiger partial charge in [-0.3, -0.25) is 0 Å². The van der Waals surface area contributed by atoms with Gasteiger partial charge in [0.25, 0.3) is 16.5 Å². The van der Waals surface area contributed by atoms with Crippen LogP contribution < -0.4 is 0 Å². The maximum absolute atomic E-state index is 12.9. The fourth-order valence-corrected chi connectivity index (χ4v) is 1.71. The van der Waals surface area contributed by atoms with Crippen LogP contribution in [0.5, 0.6) is 0 Å². The Bertz CT molecular complexity index is 386. The topological polar surface area (TPSA) is 49.7 Å². The van der Waals surface area contributed by atoms with E-state index in [0.29, 0.717) is 12.8 Å². The number of unbranched alkanes of at least 4 members (excludes halogenated alkanes) is 2. The van der Waals surface area contributed by atoms with Crippen LogP contribution >= 0.6 is 0 Å². The van der Waals surface area contributed by atoms with Crippen molar-refractivity contribution in [2.24, 2.45) is 0 Å². The molecule has 99 valence electrons. The highest BCUT2D eigenvalue weighted by atomic mass is 28.2. The lowest BCUT2D eigenvalue weighted by Crippen LogP contribution is -2.30. The molecule has 18 heavy (non-hydrogen) atoms. The van der Waals surface area contributed by atoms with Crippen LogP contribution in [0, 0.1) is 11.6 Å². The highest BCUT2D eigenvalue weighted by Gasteiger charge is 2.20. The van der Waals surface area contributed by atoms with Gasteiger partial charge in [0.2, 0.25) is 0 Å². The number of halogens is 2. The molecular weight excluding hydrogens is 258 g/mol. The predicted octanol–water partition coefficient (Wildman–Crippen LogP) is 1.81. The van der Waals surface area contributed by atoms with E-state index < -0.39 is 17.6 Å². The maximum Gasteiger partial charge on any atom is 0.267 e. The van der Waals surface area contributed by atoms with Crippen LogP contribution in [-0.4, -0.2) is 26.7 Å². The second kappa shape index (κ2) is 6.94. The van der Waals surface area contributed by atoms with Gasteiger partial charge >= 0.3 is 0 Å². The van der Waals surface area contributed by atoms with E-state index in [2.05, 4.69) is 14.9 Å². The monoisotopic (exact) mass is 273 g/mol. The summed E-state index contributed by atoms with van der Waals surface area (Å²) in [4.78, 5) is 0. The largest absolute Gasteiger partial charge is 0.371 e. The maximum atomic E-state index is 12.9. The van der Waals surface area contributed by atoms with Crippen LogP contribution in [0.2, 0.25) is 0 Å². The summed E-state index contributed by atoms with van der Waals surface area (Å²) in [6.07, 6.45) is 2.74. The molecule has 2 N–H and O–H groups in total. The van der Waals surface area contributed by atoms with Crippen molar-refractivity contribution in [2.45, 2.75) is 38.1 Å². The Kier molecular flexibility index (Phi) is 5.87. The predicted molar refractivity (Wildman–Crippen MR) is 62.5 cm³/mol. The van der Waals surface area contributed by atoms with Gasteiger partial charge in [0.1, 0.15) is 0 Å².